The second-order valence-electron chi connectivity index (χ2n) is 7.03. The number of aromatic nitrogens is 3. The Bertz CT molecular complexity index is 1230. The van der Waals surface area contributed by atoms with Crippen LogP contribution < -0.4 is 10.2 Å². The normalized spacial score (nSPS) is 13.2. The Morgan fingerprint density at radius 3 is 2.88 bits per heavy atom. The second kappa shape index (κ2) is 8.78. The maximum atomic E-state index is 13.3. The molecule has 3 aromatic rings. The molecule has 1 aliphatic heterocycles. The van der Waals surface area contributed by atoms with Gasteiger partial charge in [-0.15, -0.1) is 0 Å². The van der Waals surface area contributed by atoms with Crippen molar-refractivity contribution in [2.75, 3.05) is 23.4 Å². The van der Waals surface area contributed by atoms with E-state index in [1.54, 1.807) is 17.9 Å². The van der Waals surface area contributed by atoms with E-state index >= 15 is 0 Å². The molecule has 1 N–H and O–H groups in total. The first-order chi connectivity index (χ1) is 15.8. The van der Waals surface area contributed by atoms with E-state index in [2.05, 4.69) is 20.3 Å². The van der Waals surface area contributed by atoms with Crippen LogP contribution in [0.25, 0.3) is 0 Å². The molecule has 170 valence electrons. The number of benzene rings is 1. The first kappa shape index (κ1) is 22.1. The van der Waals surface area contributed by atoms with Crippen molar-refractivity contribution in [2.45, 2.75) is 26.1 Å². The molecule has 0 saturated heterocycles. The van der Waals surface area contributed by atoms with Crippen molar-refractivity contribution in [2.24, 2.45) is 0 Å². The van der Waals surface area contributed by atoms with E-state index in [4.69, 9.17) is 14.4 Å². The quantitative estimate of drug-likeness (QED) is 0.569. The van der Waals surface area contributed by atoms with Crippen LogP contribution in [0.2, 0.25) is 0 Å². The number of nitrogens with zero attached hydrogens (tertiary/aromatic N) is 5. The predicted molar refractivity (Wildman–Crippen MR) is 109 cm³/mol. The number of fused-ring (bicyclic) bond motifs is 1. The lowest BCUT2D eigenvalue weighted by atomic mass is 10.0. The monoisotopic (exact) mass is 458 g/mol. The fourth-order valence-corrected chi connectivity index (χ4v) is 3.47. The molecule has 0 fully saturated rings. The van der Waals surface area contributed by atoms with Crippen LogP contribution in [0.15, 0.2) is 35.1 Å². The summed E-state index contributed by atoms with van der Waals surface area (Å²) in [5.74, 6) is -0.276. The van der Waals surface area contributed by atoms with Crippen LogP contribution in [-0.2, 0) is 23.9 Å². The van der Waals surface area contributed by atoms with Crippen LogP contribution in [0.3, 0.4) is 0 Å². The lowest BCUT2D eigenvalue weighted by Crippen LogP contribution is -2.32. The van der Waals surface area contributed by atoms with Crippen LogP contribution in [-0.4, -0.2) is 34.1 Å². The minimum absolute atomic E-state index is 0.0447. The largest absolute Gasteiger partial charge is 0.460 e. The maximum absolute atomic E-state index is 13.3. The number of hydrogen-bond donors (Lipinski definition) is 1. The van der Waals surface area contributed by atoms with E-state index in [1.807, 2.05) is 0 Å². The number of anilines is 3. The number of alkyl halides is 3. The summed E-state index contributed by atoms with van der Waals surface area (Å²) >= 11 is 0. The Kier molecular flexibility index (Phi) is 5.87. The van der Waals surface area contributed by atoms with E-state index in [1.165, 1.54) is 24.7 Å². The highest BCUT2D eigenvalue weighted by atomic mass is 19.4. The third-order valence-corrected chi connectivity index (χ3v) is 5.01. The number of esters is 1. The van der Waals surface area contributed by atoms with Gasteiger partial charge in [0.15, 0.2) is 0 Å². The highest BCUT2D eigenvalue weighted by molar-refractivity contribution is 5.86. The summed E-state index contributed by atoms with van der Waals surface area (Å²) in [6, 6.07) is 5.27. The molecule has 33 heavy (non-hydrogen) atoms. The van der Waals surface area contributed by atoms with E-state index in [-0.39, 0.29) is 24.9 Å². The molecule has 0 aliphatic carbocycles. The molecular weight excluding hydrogens is 441 g/mol. The molecule has 9 nitrogen and oxygen atoms in total. The second-order valence-corrected chi connectivity index (χ2v) is 7.03. The number of carbonyl (C=O) groups is 1. The summed E-state index contributed by atoms with van der Waals surface area (Å²) in [5, 5.41) is 11.9. The number of ether oxygens (including phenoxy) is 1. The predicted octanol–water partition coefficient (Wildman–Crippen LogP) is 3.84. The number of oxazole rings is 1. The summed E-state index contributed by atoms with van der Waals surface area (Å²) in [6.45, 7) is 2.51. The highest BCUT2D eigenvalue weighted by Gasteiger charge is 2.34. The van der Waals surface area contributed by atoms with Gasteiger partial charge in [0.05, 0.1) is 42.2 Å². The van der Waals surface area contributed by atoms with Gasteiger partial charge in [-0.3, -0.25) is 5.32 Å². The van der Waals surface area contributed by atoms with E-state index < -0.39 is 23.3 Å². The molecule has 12 heteroatoms. The lowest BCUT2D eigenvalue weighted by molar-refractivity contribution is -0.137. The smallest absolute Gasteiger partial charge is 0.417 e. The van der Waals surface area contributed by atoms with Gasteiger partial charge >= 0.3 is 18.2 Å². The van der Waals surface area contributed by atoms with Gasteiger partial charge < -0.3 is 14.1 Å². The first-order valence-corrected chi connectivity index (χ1v) is 9.89. The maximum Gasteiger partial charge on any atom is 0.417 e. The molecule has 3 heterocycles. The fraction of sp³-hybridized carbons (Fsp3) is 0.286. The topological polar surface area (TPSA) is 117 Å². The van der Waals surface area contributed by atoms with Crippen molar-refractivity contribution in [1.82, 2.24) is 15.0 Å². The molecule has 0 atom stereocenters. The Morgan fingerprint density at radius 1 is 1.33 bits per heavy atom. The number of carbonyl (C=O) groups excluding carboxylic acids is 1. The molecule has 2 aromatic heterocycles. The molecule has 0 unspecified atom stereocenters. The molecule has 0 saturated carbocycles. The van der Waals surface area contributed by atoms with Gasteiger partial charge in [-0.1, -0.05) is 0 Å². The summed E-state index contributed by atoms with van der Waals surface area (Å²) < 4.78 is 50.2. The van der Waals surface area contributed by atoms with E-state index in [0.717, 1.165) is 11.6 Å². The van der Waals surface area contributed by atoms with E-state index in [0.29, 0.717) is 30.2 Å². The van der Waals surface area contributed by atoms with Gasteiger partial charge in [-0.2, -0.15) is 18.4 Å². The van der Waals surface area contributed by atoms with Crippen molar-refractivity contribution in [1.29, 1.82) is 5.26 Å². The first-order valence-electron chi connectivity index (χ1n) is 9.89. The van der Waals surface area contributed by atoms with Gasteiger partial charge in [-0.05, 0) is 31.5 Å². The average Bonchev–Trinajstić information content (AvgIpc) is 3.27. The lowest BCUT2D eigenvalue weighted by Gasteiger charge is -2.31. The molecule has 0 spiro atoms. The van der Waals surface area contributed by atoms with Gasteiger partial charge in [0.25, 0.3) is 0 Å². The standard InChI is InChI=1S/C21H17F3N6O3/c1-2-32-19(31)17-9-26-20(33-17)29-18-14-5-6-30(10-16(14)27-11-28-18)13-4-3-12(8-25)15(7-13)21(22,23)24/h3-4,7,9,11H,2,5-6,10H2,1H3,(H,26,27,28,29). The van der Waals surface area contributed by atoms with E-state index in [9.17, 15) is 18.0 Å². The van der Waals surface area contributed by atoms with Gasteiger partial charge in [0.2, 0.25) is 5.76 Å². The number of halogens is 3. The molecule has 0 amide bonds. The molecule has 4 rings (SSSR count). The van der Waals surface area contributed by atoms with Crippen molar-refractivity contribution in [3.05, 3.63) is 58.9 Å². The minimum Gasteiger partial charge on any atom is -0.460 e. The van der Waals surface area contributed by atoms with Crippen LogP contribution >= 0.6 is 0 Å². The fourth-order valence-electron chi connectivity index (χ4n) is 3.47. The Balaban J connectivity index is 1.55. The number of hydrogen-bond acceptors (Lipinski definition) is 9. The van der Waals surface area contributed by atoms with Crippen LogP contribution in [0.1, 0.15) is 39.9 Å². The molecule has 1 aromatic carbocycles. The molecule has 1 aliphatic rings. The van der Waals surface area contributed by atoms with Gasteiger partial charge in [-0.25, -0.2) is 19.7 Å². The number of rotatable bonds is 5. The average molecular weight is 458 g/mol. The van der Waals surface area contributed by atoms with Crippen LogP contribution in [0.5, 0.6) is 0 Å². The van der Waals surface area contributed by atoms with Crippen molar-refractivity contribution in [3.8, 4) is 6.07 Å². The molecule has 0 bridgehead atoms. The number of nitrogens with one attached hydrogen (secondary N) is 1. The van der Waals surface area contributed by atoms with Crippen molar-refractivity contribution >= 4 is 23.5 Å². The number of nitriles is 1. The molecular formula is C21H17F3N6O3. The highest BCUT2D eigenvalue weighted by Crippen LogP contribution is 2.36. The summed E-state index contributed by atoms with van der Waals surface area (Å²) in [6.07, 6.45) is -1.64. The third-order valence-electron chi connectivity index (χ3n) is 5.01. The minimum atomic E-state index is -4.63. The zero-order chi connectivity index (χ0) is 23.6. The van der Waals surface area contributed by atoms with Crippen molar-refractivity contribution in [3.63, 3.8) is 0 Å². The van der Waals surface area contributed by atoms with Crippen molar-refractivity contribution < 1.29 is 27.1 Å². The van der Waals surface area contributed by atoms with Crippen LogP contribution in [0.4, 0.5) is 30.7 Å². The Hall–Kier alpha value is -4.14. The van der Waals surface area contributed by atoms with Gasteiger partial charge in [0, 0.05) is 17.8 Å². The SMILES string of the molecule is CCOC(=O)c1cnc(Nc2ncnc3c2CCN(c2ccc(C#N)c(C(F)(F)F)c2)C3)o1. The molecule has 0 radical (unpaired) electrons. The Labute approximate surface area is 185 Å². The third kappa shape index (κ3) is 4.57. The zero-order valence-corrected chi connectivity index (χ0v) is 17.3. The zero-order valence-electron chi connectivity index (χ0n) is 17.3. The van der Waals surface area contributed by atoms with Crippen LogP contribution in [0, 0.1) is 11.3 Å². The summed E-state index contributed by atoms with van der Waals surface area (Å²) in [4.78, 5) is 25.9. The van der Waals surface area contributed by atoms with Gasteiger partial charge in [0.1, 0.15) is 12.1 Å². The summed E-state index contributed by atoms with van der Waals surface area (Å²) in [7, 11) is 0. The summed E-state index contributed by atoms with van der Waals surface area (Å²) in [5.41, 5.74) is 0.320. The Morgan fingerprint density at radius 2 is 2.15 bits per heavy atom.